The molecule has 0 amide bonds. The lowest BCUT2D eigenvalue weighted by Gasteiger charge is -2.23. The maximum atomic E-state index is 9.49. The summed E-state index contributed by atoms with van der Waals surface area (Å²) in [5.74, 6) is 0.767. The molecule has 1 aromatic rings. The molecule has 0 unspecified atom stereocenters. The Labute approximate surface area is 102 Å². The van der Waals surface area contributed by atoms with Gasteiger partial charge < -0.3 is 15.2 Å². The molecule has 0 aromatic heterocycles. The minimum Gasteiger partial charge on any atom is -0.508 e. The zero-order valence-electron chi connectivity index (χ0n) is 9.98. The molecule has 3 heteroatoms. The van der Waals surface area contributed by atoms with E-state index in [1.54, 1.807) is 0 Å². The third kappa shape index (κ3) is 3.24. The maximum Gasteiger partial charge on any atom is 0.117 e. The van der Waals surface area contributed by atoms with Gasteiger partial charge in [-0.15, -0.1) is 0 Å². The first-order valence-electron chi connectivity index (χ1n) is 6.06. The number of aliphatic hydroxyl groups excluding tert-OH is 1. The van der Waals surface area contributed by atoms with Gasteiger partial charge in [-0.05, 0) is 30.9 Å². The SMILES string of the molecule is C=C(O)c1ccccc1NCC1CCOCC1. The highest BCUT2D eigenvalue weighted by atomic mass is 16.5. The second-order valence-electron chi connectivity index (χ2n) is 4.43. The Morgan fingerprint density at radius 1 is 1.35 bits per heavy atom. The fraction of sp³-hybridized carbons (Fsp3) is 0.429. The van der Waals surface area contributed by atoms with Gasteiger partial charge in [-0.3, -0.25) is 0 Å². The number of ether oxygens (including phenoxy) is 1. The van der Waals surface area contributed by atoms with Crippen LogP contribution in [0.4, 0.5) is 5.69 Å². The number of hydrogen-bond donors (Lipinski definition) is 2. The second kappa shape index (κ2) is 5.73. The van der Waals surface area contributed by atoms with Gasteiger partial charge in [0.1, 0.15) is 5.76 Å². The molecule has 0 spiro atoms. The third-order valence-electron chi connectivity index (χ3n) is 3.16. The van der Waals surface area contributed by atoms with Gasteiger partial charge in [0.15, 0.2) is 0 Å². The van der Waals surface area contributed by atoms with Crippen LogP contribution in [-0.2, 0) is 4.74 Å². The van der Waals surface area contributed by atoms with Crippen molar-refractivity contribution in [3.05, 3.63) is 36.4 Å². The Morgan fingerprint density at radius 2 is 2.06 bits per heavy atom. The van der Waals surface area contributed by atoms with Crippen LogP contribution in [0.5, 0.6) is 0 Å². The topological polar surface area (TPSA) is 41.5 Å². The lowest BCUT2D eigenvalue weighted by Crippen LogP contribution is -2.22. The van der Waals surface area contributed by atoms with Crippen molar-refractivity contribution in [3.8, 4) is 0 Å². The molecule has 2 rings (SSSR count). The van der Waals surface area contributed by atoms with Crippen LogP contribution in [0.3, 0.4) is 0 Å². The zero-order valence-corrected chi connectivity index (χ0v) is 9.98. The van der Waals surface area contributed by atoms with Gasteiger partial charge in [-0.25, -0.2) is 0 Å². The summed E-state index contributed by atoms with van der Waals surface area (Å²) in [7, 11) is 0. The van der Waals surface area contributed by atoms with E-state index in [0.717, 1.165) is 43.9 Å². The summed E-state index contributed by atoms with van der Waals surface area (Å²) in [6.45, 7) is 6.22. The van der Waals surface area contributed by atoms with Gasteiger partial charge in [-0.1, -0.05) is 18.7 Å². The normalized spacial score (nSPS) is 16.7. The first-order valence-corrected chi connectivity index (χ1v) is 6.06. The van der Waals surface area contributed by atoms with Crippen LogP contribution in [0.15, 0.2) is 30.8 Å². The largest absolute Gasteiger partial charge is 0.508 e. The van der Waals surface area contributed by atoms with Crippen molar-refractivity contribution in [2.24, 2.45) is 5.92 Å². The lowest BCUT2D eigenvalue weighted by molar-refractivity contribution is 0.0699. The van der Waals surface area contributed by atoms with Crippen molar-refractivity contribution < 1.29 is 9.84 Å². The van der Waals surface area contributed by atoms with Crippen LogP contribution in [-0.4, -0.2) is 24.9 Å². The number of nitrogens with one attached hydrogen (secondary N) is 1. The predicted molar refractivity (Wildman–Crippen MR) is 70.1 cm³/mol. The lowest BCUT2D eigenvalue weighted by atomic mass is 10.00. The molecule has 1 aromatic carbocycles. The molecule has 0 saturated carbocycles. The molecule has 2 N–H and O–H groups in total. The molecule has 92 valence electrons. The minimum absolute atomic E-state index is 0.111. The number of rotatable bonds is 4. The molecule has 17 heavy (non-hydrogen) atoms. The molecule has 1 fully saturated rings. The highest BCUT2D eigenvalue weighted by molar-refractivity contribution is 5.70. The smallest absolute Gasteiger partial charge is 0.117 e. The molecule has 0 bridgehead atoms. The zero-order chi connectivity index (χ0) is 12.1. The first-order chi connectivity index (χ1) is 8.27. The van der Waals surface area contributed by atoms with Crippen molar-refractivity contribution in [1.29, 1.82) is 0 Å². The minimum atomic E-state index is 0.111. The van der Waals surface area contributed by atoms with Crippen molar-refractivity contribution in [2.75, 3.05) is 25.1 Å². The fourth-order valence-electron chi connectivity index (χ4n) is 2.09. The number of benzene rings is 1. The maximum absolute atomic E-state index is 9.49. The third-order valence-corrected chi connectivity index (χ3v) is 3.16. The Kier molecular flexibility index (Phi) is 4.04. The highest BCUT2D eigenvalue weighted by Crippen LogP contribution is 2.22. The van der Waals surface area contributed by atoms with Gasteiger partial charge in [0.05, 0.1) is 0 Å². The van der Waals surface area contributed by atoms with Crippen molar-refractivity contribution >= 4 is 11.4 Å². The second-order valence-corrected chi connectivity index (χ2v) is 4.43. The van der Waals surface area contributed by atoms with E-state index in [1.165, 1.54) is 0 Å². The van der Waals surface area contributed by atoms with Crippen LogP contribution in [0, 0.1) is 5.92 Å². The van der Waals surface area contributed by atoms with E-state index in [2.05, 4.69) is 11.9 Å². The average molecular weight is 233 g/mol. The van der Waals surface area contributed by atoms with E-state index in [4.69, 9.17) is 4.74 Å². The van der Waals surface area contributed by atoms with E-state index in [9.17, 15) is 5.11 Å². The van der Waals surface area contributed by atoms with Crippen LogP contribution < -0.4 is 5.32 Å². The Hall–Kier alpha value is -1.48. The standard InChI is InChI=1S/C14H19NO2/c1-11(16)13-4-2-3-5-14(13)15-10-12-6-8-17-9-7-12/h2-5,12,15-16H,1,6-10H2. The number of hydrogen-bond acceptors (Lipinski definition) is 3. The van der Waals surface area contributed by atoms with Crippen LogP contribution >= 0.6 is 0 Å². The monoisotopic (exact) mass is 233 g/mol. The van der Waals surface area contributed by atoms with Crippen LogP contribution in [0.2, 0.25) is 0 Å². The van der Waals surface area contributed by atoms with E-state index in [1.807, 2.05) is 24.3 Å². The average Bonchev–Trinajstić information content (AvgIpc) is 2.38. The quantitative estimate of drug-likeness (QED) is 0.785. The molecule has 1 aliphatic rings. The highest BCUT2D eigenvalue weighted by Gasteiger charge is 2.14. The van der Waals surface area contributed by atoms with Crippen LogP contribution in [0.1, 0.15) is 18.4 Å². The fourth-order valence-corrected chi connectivity index (χ4v) is 2.09. The summed E-state index contributed by atoms with van der Waals surface area (Å²) >= 11 is 0. The van der Waals surface area contributed by atoms with Gasteiger partial charge in [0.25, 0.3) is 0 Å². The molecule has 0 aliphatic carbocycles. The van der Waals surface area contributed by atoms with E-state index >= 15 is 0 Å². The van der Waals surface area contributed by atoms with Gasteiger partial charge >= 0.3 is 0 Å². The molecule has 0 radical (unpaired) electrons. The van der Waals surface area contributed by atoms with Crippen molar-refractivity contribution in [1.82, 2.24) is 0 Å². The molecule has 3 nitrogen and oxygen atoms in total. The van der Waals surface area contributed by atoms with Gasteiger partial charge in [-0.2, -0.15) is 0 Å². The van der Waals surface area contributed by atoms with Gasteiger partial charge in [0, 0.05) is 31.0 Å². The van der Waals surface area contributed by atoms with E-state index < -0.39 is 0 Å². The summed E-state index contributed by atoms with van der Waals surface area (Å²) in [5.41, 5.74) is 1.73. The number of aliphatic hydroxyl groups is 1. The summed E-state index contributed by atoms with van der Waals surface area (Å²) < 4.78 is 5.33. The Morgan fingerprint density at radius 3 is 2.76 bits per heavy atom. The Balaban J connectivity index is 1.96. The Bertz CT molecular complexity index is 384. The number of anilines is 1. The summed E-state index contributed by atoms with van der Waals surface area (Å²) in [5, 5.41) is 12.9. The number of para-hydroxylation sites is 1. The summed E-state index contributed by atoms with van der Waals surface area (Å²) in [6, 6.07) is 7.69. The van der Waals surface area contributed by atoms with Crippen LogP contribution in [0.25, 0.3) is 5.76 Å². The molecular formula is C14H19NO2. The van der Waals surface area contributed by atoms with E-state index in [0.29, 0.717) is 5.92 Å². The van der Waals surface area contributed by atoms with Crippen molar-refractivity contribution in [2.45, 2.75) is 12.8 Å². The predicted octanol–water partition coefficient (Wildman–Crippen LogP) is 3.05. The molecule has 0 atom stereocenters. The summed E-state index contributed by atoms with van der Waals surface area (Å²) in [6.07, 6.45) is 2.21. The van der Waals surface area contributed by atoms with Gasteiger partial charge in [0.2, 0.25) is 0 Å². The summed E-state index contributed by atoms with van der Waals surface area (Å²) in [4.78, 5) is 0. The first kappa shape index (κ1) is 12.0. The molecular weight excluding hydrogens is 214 g/mol. The van der Waals surface area contributed by atoms with E-state index in [-0.39, 0.29) is 5.76 Å². The molecule has 1 saturated heterocycles. The van der Waals surface area contributed by atoms with Crippen molar-refractivity contribution in [3.63, 3.8) is 0 Å². The molecule has 1 aliphatic heterocycles. The molecule has 1 heterocycles.